The van der Waals surface area contributed by atoms with Crippen molar-refractivity contribution in [2.24, 2.45) is 0 Å². The van der Waals surface area contributed by atoms with Crippen LogP contribution in [0.15, 0.2) is 22.7 Å². The second-order valence-electron chi connectivity index (χ2n) is 2.59. The molecule has 1 amide bonds. The van der Waals surface area contributed by atoms with Crippen molar-refractivity contribution in [1.29, 1.82) is 0 Å². The summed E-state index contributed by atoms with van der Waals surface area (Å²) in [5.41, 5.74) is 1.80. The second kappa shape index (κ2) is 2.79. The molecule has 0 unspecified atom stereocenters. The number of amides is 1. The van der Waals surface area contributed by atoms with Crippen molar-refractivity contribution >= 4 is 33.2 Å². The van der Waals surface area contributed by atoms with Crippen LogP contribution in [0.1, 0.15) is 0 Å². The maximum atomic E-state index is 10.9. The molecule has 0 aromatic heterocycles. The molecule has 1 aliphatic heterocycles. The first-order valence-electron chi connectivity index (χ1n) is 3.59. The number of fused-ring (bicyclic) bond motifs is 1. The second-order valence-corrected chi connectivity index (χ2v) is 3.51. The predicted octanol–water partition coefficient (Wildman–Crippen LogP) is 1.81. The summed E-state index contributed by atoms with van der Waals surface area (Å²) in [5, 5.41) is 5.78. The Hall–Kier alpha value is -1.03. The predicted molar refractivity (Wildman–Crippen MR) is 51.3 cm³/mol. The molecule has 2 rings (SSSR count). The minimum absolute atomic E-state index is 0.000556. The molecule has 3 nitrogen and oxygen atoms in total. The molecule has 0 spiro atoms. The van der Waals surface area contributed by atoms with Crippen molar-refractivity contribution < 1.29 is 4.79 Å². The first kappa shape index (κ1) is 7.61. The van der Waals surface area contributed by atoms with Gasteiger partial charge in [0.15, 0.2) is 0 Å². The summed E-state index contributed by atoms with van der Waals surface area (Å²) >= 11 is 3.33. The van der Waals surface area contributed by atoms with Gasteiger partial charge < -0.3 is 10.6 Å². The lowest BCUT2D eigenvalue weighted by Gasteiger charge is -2.18. The Balaban J connectivity index is 2.44. The smallest absolute Gasteiger partial charge is 0.243 e. The highest BCUT2D eigenvalue weighted by atomic mass is 79.9. The van der Waals surface area contributed by atoms with E-state index < -0.39 is 0 Å². The van der Waals surface area contributed by atoms with Crippen molar-refractivity contribution in [3.05, 3.63) is 22.7 Å². The number of nitrogens with one attached hydrogen (secondary N) is 2. The van der Waals surface area contributed by atoms with Crippen LogP contribution in [0.4, 0.5) is 11.4 Å². The molecule has 0 saturated heterocycles. The van der Waals surface area contributed by atoms with E-state index in [4.69, 9.17) is 0 Å². The molecule has 0 radical (unpaired) electrons. The van der Waals surface area contributed by atoms with E-state index in [1.54, 1.807) is 0 Å². The molecule has 0 fully saturated rings. The number of carbonyl (C=O) groups is 1. The van der Waals surface area contributed by atoms with Crippen LogP contribution in [0, 0.1) is 0 Å². The first-order valence-corrected chi connectivity index (χ1v) is 4.38. The van der Waals surface area contributed by atoms with Crippen LogP contribution in [0.5, 0.6) is 0 Å². The molecule has 4 heteroatoms. The van der Waals surface area contributed by atoms with Gasteiger partial charge in [0.25, 0.3) is 0 Å². The number of benzene rings is 1. The molecular weight excluding hydrogens is 220 g/mol. The maximum absolute atomic E-state index is 10.9. The zero-order chi connectivity index (χ0) is 8.55. The van der Waals surface area contributed by atoms with Gasteiger partial charge in [0.1, 0.15) is 0 Å². The summed E-state index contributed by atoms with van der Waals surface area (Å²) in [5.74, 6) is 0.000556. The quantitative estimate of drug-likeness (QED) is 0.709. The fourth-order valence-corrected chi connectivity index (χ4v) is 1.51. The topological polar surface area (TPSA) is 41.1 Å². The molecule has 62 valence electrons. The molecule has 2 N–H and O–H groups in total. The fraction of sp³-hybridized carbons (Fsp3) is 0.125. The fourth-order valence-electron chi connectivity index (χ4n) is 1.14. The van der Waals surface area contributed by atoms with E-state index in [-0.39, 0.29) is 5.91 Å². The van der Waals surface area contributed by atoms with Crippen LogP contribution < -0.4 is 10.6 Å². The van der Waals surface area contributed by atoms with Gasteiger partial charge in [-0.2, -0.15) is 0 Å². The zero-order valence-electron chi connectivity index (χ0n) is 6.23. The lowest BCUT2D eigenvalue weighted by molar-refractivity contribution is -0.114. The van der Waals surface area contributed by atoms with E-state index in [9.17, 15) is 4.79 Å². The minimum atomic E-state index is 0.000556. The largest absolute Gasteiger partial charge is 0.374 e. The molecule has 0 atom stereocenters. The van der Waals surface area contributed by atoms with Gasteiger partial charge >= 0.3 is 0 Å². The summed E-state index contributed by atoms with van der Waals surface area (Å²) in [6.45, 7) is 0.356. The molecule has 1 aromatic rings. The van der Waals surface area contributed by atoms with Gasteiger partial charge in [-0.25, -0.2) is 0 Å². The van der Waals surface area contributed by atoms with Crippen molar-refractivity contribution in [3.8, 4) is 0 Å². The van der Waals surface area contributed by atoms with Crippen molar-refractivity contribution in [2.45, 2.75) is 0 Å². The zero-order valence-corrected chi connectivity index (χ0v) is 7.81. The van der Waals surface area contributed by atoms with Crippen LogP contribution >= 0.6 is 15.9 Å². The van der Waals surface area contributed by atoms with Crippen molar-refractivity contribution in [2.75, 3.05) is 17.2 Å². The lowest BCUT2D eigenvalue weighted by atomic mass is 10.2. The molecule has 0 bridgehead atoms. The minimum Gasteiger partial charge on any atom is -0.374 e. The number of rotatable bonds is 0. The van der Waals surface area contributed by atoms with Gasteiger partial charge in [-0.3, -0.25) is 4.79 Å². The van der Waals surface area contributed by atoms with E-state index in [1.165, 1.54) is 0 Å². The number of carbonyl (C=O) groups excluding carboxylic acids is 1. The van der Waals surface area contributed by atoms with E-state index >= 15 is 0 Å². The Bertz CT molecular complexity index is 338. The van der Waals surface area contributed by atoms with Crippen LogP contribution in [0.2, 0.25) is 0 Å². The van der Waals surface area contributed by atoms with Crippen LogP contribution in [0.3, 0.4) is 0 Å². The molecule has 1 aromatic carbocycles. The third-order valence-electron chi connectivity index (χ3n) is 1.70. The van der Waals surface area contributed by atoms with Gasteiger partial charge in [-0.1, -0.05) is 15.9 Å². The summed E-state index contributed by atoms with van der Waals surface area (Å²) < 4.78 is 0.963. The molecular formula is C8H7BrN2O. The highest BCUT2D eigenvalue weighted by Crippen LogP contribution is 2.27. The lowest BCUT2D eigenvalue weighted by Crippen LogP contribution is -2.27. The van der Waals surface area contributed by atoms with Crippen LogP contribution in [0.25, 0.3) is 0 Å². The Kier molecular flexibility index (Phi) is 1.77. The molecule has 1 aliphatic rings. The van der Waals surface area contributed by atoms with Crippen LogP contribution in [-0.2, 0) is 4.79 Å². The monoisotopic (exact) mass is 226 g/mol. The highest BCUT2D eigenvalue weighted by Gasteiger charge is 2.12. The van der Waals surface area contributed by atoms with Gasteiger partial charge in [0.05, 0.1) is 17.9 Å². The number of hydrogen-bond donors (Lipinski definition) is 2. The molecule has 0 aliphatic carbocycles. The Labute approximate surface area is 78.3 Å². The summed E-state index contributed by atoms with van der Waals surface area (Å²) in [6, 6.07) is 5.74. The summed E-state index contributed by atoms with van der Waals surface area (Å²) in [4.78, 5) is 10.9. The number of hydrogen-bond acceptors (Lipinski definition) is 2. The van der Waals surface area contributed by atoms with E-state index in [1.807, 2.05) is 18.2 Å². The van der Waals surface area contributed by atoms with Crippen molar-refractivity contribution in [1.82, 2.24) is 0 Å². The molecule has 12 heavy (non-hydrogen) atoms. The average Bonchev–Trinajstić information content (AvgIpc) is 2.03. The Morgan fingerprint density at radius 3 is 3.00 bits per heavy atom. The van der Waals surface area contributed by atoms with E-state index in [2.05, 4.69) is 26.6 Å². The number of halogens is 1. The SMILES string of the molecule is O=C1CNc2ccc(Br)cc2N1. The Morgan fingerprint density at radius 2 is 2.17 bits per heavy atom. The highest BCUT2D eigenvalue weighted by molar-refractivity contribution is 9.10. The van der Waals surface area contributed by atoms with E-state index in [0.29, 0.717) is 6.54 Å². The maximum Gasteiger partial charge on any atom is 0.243 e. The Morgan fingerprint density at radius 1 is 1.33 bits per heavy atom. The molecule has 1 heterocycles. The first-order chi connectivity index (χ1) is 5.75. The summed E-state index contributed by atoms with van der Waals surface area (Å²) in [6.07, 6.45) is 0. The summed E-state index contributed by atoms with van der Waals surface area (Å²) in [7, 11) is 0. The number of anilines is 2. The normalized spacial score (nSPS) is 14.6. The van der Waals surface area contributed by atoms with E-state index in [0.717, 1.165) is 15.8 Å². The van der Waals surface area contributed by atoms with Crippen LogP contribution in [-0.4, -0.2) is 12.5 Å². The third kappa shape index (κ3) is 1.30. The molecule has 0 saturated carbocycles. The average molecular weight is 227 g/mol. The van der Waals surface area contributed by atoms with Crippen molar-refractivity contribution in [3.63, 3.8) is 0 Å². The third-order valence-corrected chi connectivity index (χ3v) is 2.19. The standard InChI is InChI=1S/C8H7BrN2O/c9-5-1-2-6-7(3-5)11-8(12)4-10-6/h1-3,10H,4H2,(H,11,12). The van der Waals surface area contributed by atoms with Gasteiger partial charge in [0, 0.05) is 4.47 Å². The van der Waals surface area contributed by atoms with Gasteiger partial charge in [-0.05, 0) is 18.2 Å². The van der Waals surface area contributed by atoms with Gasteiger partial charge in [0.2, 0.25) is 5.91 Å². The van der Waals surface area contributed by atoms with Gasteiger partial charge in [-0.15, -0.1) is 0 Å².